The van der Waals surface area contributed by atoms with Gasteiger partial charge in [-0.05, 0) is 36.9 Å². The van der Waals surface area contributed by atoms with E-state index in [1.807, 2.05) is 37.4 Å². The number of carbonyl (C=O) groups is 1. The first kappa shape index (κ1) is 20.3. The van der Waals surface area contributed by atoms with Crippen molar-refractivity contribution in [1.82, 2.24) is 14.5 Å². The van der Waals surface area contributed by atoms with Gasteiger partial charge in [0.25, 0.3) is 5.91 Å². The quantitative estimate of drug-likeness (QED) is 0.754. The summed E-state index contributed by atoms with van der Waals surface area (Å²) in [6.07, 6.45) is 0. The topological polar surface area (TPSA) is 79.0 Å². The van der Waals surface area contributed by atoms with Gasteiger partial charge in [0.2, 0.25) is 10.0 Å². The molecule has 2 aromatic carbocycles. The number of piperazine rings is 1. The van der Waals surface area contributed by atoms with Crippen molar-refractivity contribution in [2.75, 3.05) is 39.8 Å². The van der Waals surface area contributed by atoms with Crippen molar-refractivity contribution in [3.8, 4) is 5.75 Å². The number of benzene rings is 2. The van der Waals surface area contributed by atoms with Gasteiger partial charge < -0.3 is 14.5 Å². The first-order valence-electron chi connectivity index (χ1n) is 9.17. The summed E-state index contributed by atoms with van der Waals surface area (Å²) in [6.45, 7) is 3.28. The van der Waals surface area contributed by atoms with Crippen molar-refractivity contribution in [2.24, 2.45) is 0 Å². The molecule has 1 fully saturated rings. The average molecular weight is 404 g/mol. The lowest BCUT2D eigenvalue weighted by Crippen LogP contribution is -2.48. The second kappa shape index (κ2) is 9.18. The van der Waals surface area contributed by atoms with E-state index in [2.05, 4.69) is 9.62 Å². The van der Waals surface area contributed by atoms with Crippen molar-refractivity contribution in [3.63, 3.8) is 0 Å². The highest BCUT2D eigenvalue weighted by Crippen LogP contribution is 2.16. The summed E-state index contributed by atoms with van der Waals surface area (Å²) in [5, 5.41) is 0. The molecule has 1 saturated heterocycles. The van der Waals surface area contributed by atoms with Crippen LogP contribution >= 0.6 is 0 Å². The van der Waals surface area contributed by atoms with Gasteiger partial charge in [0.1, 0.15) is 5.75 Å². The Hall–Kier alpha value is -2.42. The monoisotopic (exact) mass is 403 g/mol. The number of nitrogens with zero attached hydrogens (tertiary/aromatic N) is 2. The van der Waals surface area contributed by atoms with Gasteiger partial charge in [-0.1, -0.05) is 30.3 Å². The summed E-state index contributed by atoms with van der Waals surface area (Å²) in [4.78, 5) is 16.3. The van der Waals surface area contributed by atoms with Crippen LogP contribution in [0, 0.1) is 0 Å². The van der Waals surface area contributed by atoms with Crippen LogP contribution in [-0.4, -0.2) is 64.0 Å². The molecular formula is C20H25N3O4S. The van der Waals surface area contributed by atoms with Crippen LogP contribution in [0.5, 0.6) is 5.75 Å². The zero-order valence-electron chi connectivity index (χ0n) is 15.9. The Morgan fingerprint density at radius 2 is 1.64 bits per heavy atom. The number of rotatable bonds is 7. The van der Waals surface area contributed by atoms with Gasteiger partial charge in [0, 0.05) is 32.7 Å². The highest BCUT2D eigenvalue weighted by atomic mass is 32.2. The van der Waals surface area contributed by atoms with Crippen LogP contribution in [0.3, 0.4) is 0 Å². The van der Waals surface area contributed by atoms with Crippen molar-refractivity contribution < 1.29 is 17.9 Å². The number of hydrogen-bond donors (Lipinski definition) is 1. The van der Waals surface area contributed by atoms with Gasteiger partial charge in [-0.15, -0.1) is 0 Å². The van der Waals surface area contributed by atoms with Gasteiger partial charge in [0.05, 0.1) is 4.90 Å². The summed E-state index contributed by atoms with van der Waals surface area (Å²) in [7, 11) is -1.58. The molecule has 0 aromatic heterocycles. The highest BCUT2D eigenvalue weighted by Gasteiger charge is 2.19. The van der Waals surface area contributed by atoms with Crippen LogP contribution < -0.4 is 9.46 Å². The number of amides is 1. The predicted octanol–water partition coefficient (Wildman–Crippen LogP) is 1.32. The van der Waals surface area contributed by atoms with Gasteiger partial charge in [-0.25, -0.2) is 13.1 Å². The molecule has 0 bridgehead atoms. The molecule has 150 valence electrons. The van der Waals surface area contributed by atoms with Crippen molar-refractivity contribution in [3.05, 3.63) is 60.2 Å². The molecule has 1 aliphatic heterocycles. The summed E-state index contributed by atoms with van der Waals surface area (Å²) in [5.41, 5.74) is 0.883. The lowest BCUT2D eigenvalue weighted by Gasteiger charge is -2.32. The molecule has 0 radical (unpaired) electrons. The summed E-state index contributed by atoms with van der Waals surface area (Å²) in [6, 6.07) is 15.4. The predicted molar refractivity (Wildman–Crippen MR) is 106 cm³/mol. The minimum Gasteiger partial charge on any atom is -0.484 e. The van der Waals surface area contributed by atoms with Gasteiger partial charge in [0.15, 0.2) is 6.61 Å². The van der Waals surface area contributed by atoms with E-state index in [1.54, 1.807) is 17.0 Å². The second-order valence-electron chi connectivity index (χ2n) is 6.75. The maximum atomic E-state index is 12.4. The molecule has 1 aliphatic rings. The van der Waals surface area contributed by atoms with Crippen LogP contribution in [0.25, 0.3) is 0 Å². The third kappa shape index (κ3) is 5.54. The zero-order valence-corrected chi connectivity index (χ0v) is 16.7. The van der Waals surface area contributed by atoms with Crippen molar-refractivity contribution in [1.29, 1.82) is 0 Å². The Bertz CT molecular complexity index is 877. The molecule has 8 heteroatoms. The molecule has 28 heavy (non-hydrogen) atoms. The van der Waals surface area contributed by atoms with Crippen LogP contribution in [0.15, 0.2) is 59.5 Å². The standard InChI is InChI=1S/C20H25N3O4S/c1-22-11-13-23(14-12-22)20(24)16-27-18-7-9-19(10-8-18)28(25,26)21-15-17-5-3-2-4-6-17/h2-10,21H,11-16H2,1H3. The van der Waals surface area contributed by atoms with E-state index in [-0.39, 0.29) is 24.0 Å². The zero-order chi connectivity index (χ0) is 20.0. The summed E-state index contributed by atoms with van der Waals surface area (Å²) < 4.78 is 32.9. The number of hydrogen-bond acceptors (Lipinski definition) is 5. The maximum Gasteiger partial charge on any atom is 0.260 e. The Balaban J connectivity index is 1.52. The maximum absolute atomic E-state index is 12.4. The first-order chi connectivity index (χ1) is 13.4. The lowest BCUT2D eigenvalue weighted by atomic mass is 10.2. The number of carbonyl (C=O) groups excluding carboxylic acids is 1. The molecule has 3 rings (SSSR count). The van der Waals surface area contributed by atoms with Gasteiger partial charge >= 0.3 is 0 Å². The van der Waals surface area contributed by atoms with Gasteiger partial charge in [-0.2, -0.15) is 0 Å². The van der Waals surface area contributed by atoms with Crippen LogP contribution in [-0.2, 0) is 21.4 Å². The Morgan fingerprint density at radius 1 is 1.00 bits per heavy atom. The molecule has 1 amide bonds. The van der Waals surface area contributed by atoms with Crippen molar-refractivity contribution >= 4 is 15.9 Å². The fourth-order valence-corrected chi connectivity index (χ4v) is 3.88. The number of ether oxygens (including phenoxy) is 1. The average Bonchev–Trinajstić information content (AvgIpc) is 2.72. The van der Waals surface area contributed by atoms with Crippen LogP contribution in [0.2, 0.25) is 0 Å². The summed E-state index contributed by atoms with van der Waals surface area (Å²) >= 11 is 0. The molecule has 2 aromatic rings. The van der Waals surface area contributed by atoms with Crippen LogP contribution in [0.1, 0.15) is 5.56 Å². The Morgan fingerprint density at radius 3 is 2.29 bits per heavy atom. The third-order valence-corrected chi connectivity index (χ3v) is 6.08. The molecule has 0 saturated carbocycles. The highest BCUT2D eigenvalue weighted by molar-refractivity contribution is 7.89. The molecule has 1 N–H and O–H groups in total. The fraction of sp³-hybridized carbons (Fsp3) is 0.350. The summed E-state index contributed by atoms with van der Waals surface area (Å²) in [5.74, 6) is 0.402. The Labute approximate surface area is 166 Å². The molecule has 0 unspecified atom stereocenters. The van der Waals surface area contributed by atoms with E-state index in [0.29, 0.717) is 18.8 Å². The van der Waals surface area contributed by atoms with E-state index in [4.69, 9.17) is 4.74 Å². The van der Waals surface area contributed by atoms with E-state index in [9.17, 15) is 13.2 Å². The third-order valence-electron chi connectivity index (χ3n) is 4.66. The number of likely N-dealkylation sites (N-methyl/N-ethyl adjacent to an activating group) is 1. The van der Waals surface area contributed by atoms with Gasteiger partial charge in [-0.3, -0.25) is 4.79 Å². The Kier molecular flexibility index (Phi) is 6.66. The molecule has 0 atom stereocenters. The minimum atomic E-state index is -3.61. The van der Waals surface area contributed by atoms with E-state index < -0.39 is 10.0 Å². The molecule has 0 aliphatic carbocycles. The molecule has 0 spiro atoms. The lowest BCUT2D eigenvalue weighted by molar-refractivity contribution is -0.134. The minimum absolute atomic E-state index is 0.0535. The number of nitrogens with one attached hydrogen (secondary N) is 1. The second-order valence-corrected chi connectivity index (χ2v) is 8.52. The van der Waals surface area contributed by atoms with Crippen LogP contribution in [0.4, 0.5) is 0 Å². The van der Waals surface area contributed by atoms with Crippen molar-refractivity contribution in [2.45, 2.75) is 11.4 Å². The molecular weight excluding hydrogens is 378 g/mol. The first-order valence-corrected chi connectivity index (χ1v) is 10.7. The molecule has 1 heterocycles. The normalized spacial score (nSPS) is 15.4. The SMILES string of the molecule is CN1CCN(C(=O)COc2ccc(S(=O)(=O)NCc3ccccc3)cc2)CC1. The molecule has 7 nitrogen and oxygen atoms in total. The largest absolute Gasteiger partial charge is 0.484 e. The number of sulfonamides is 1. The van der Waals surface area contributed by atoms with E-state index >= 15 is 0 Å². The van der Waals surface area contributed by atoms with E-state index in [1.165, 1.54) is 12.1 Å². The fourth-order valence-electron chi connectivity index (χ4n) is 2.86. The smallest absolute Gasteiger partial charge is 0.260 e. The van der Waals surface area contributed by atoms with E-state index in [0.717, 1.165) is 18.7 Å².